The van der Waals surface area contributed by atoms with E-state index in [1.807, 2.05) is 44.3 Å². The lowest BCUT2D eigenvalue weighted by atomic mass is 10.1. The molecule has 0 bridgehead atoms. The largest absolute Gasteiger partial charge is 0.444 e. The molecular weight excluding hydrogens is 306 g/mol. The van der Waals surface area contributed by atoms with Crippen LogP contribution in [0.15, 0.2) is 9.81 Å². The molecule has 6 heteroatoms. The van der Waals surface area contributed by atoms with Crippen LogP contribution in [-0.4, -0.2) is 35.5 Å². The molecule has 2 rings (SSSR count). The summed E-state index contributed by atoms with van der Waals surface area (Å²) in [5.74, 6) is 2.17. The zero-order valence-corrected chi connectivity index (χ0v) is 14.4. The molecule has 0 radical (unpaired) electrons. The highest BCUT2D eigenvalue weighted by Gasteiger charge is 2.34. The van der Waals surface area contributed by atoms with Crippen LogP contribution in [0.5, 0.6) is 0 Å². The van der Waals surface area contributed by atoms with Crippen molar-refractivity contribution in [3.05, 3.63) is 9.81 Å². The highest BCUT2D eigenvalue weighted by Crippen LogP contribution is 2.43. The number of amides is 1. The van der Waals surface area contributed by atoms with Crippen molar-refractivity contribution in [2.24, 2.45) is 5.92 Å². The number of rotatable bonds is 2. The molecule has 1 unspecified atom stereocenters. The predicted octanol–water partition coefficient (Wildman–Crippen LogP) is 3.57. The highest BCUT2D eigenvalue weighted by atomic mass is 32.2. The maximum atomic E-state index is 11.9. The number of thioether (sulfide) groups is 2. The molecule has 1 amide bonds. The standard InChI is InChI=1S/C15H23NO3S2/c1-15(2,3)19-14(18)16-12-8-10(7-11(12)9-17)13-20-5-4-6-21-13/h9,11-12H,4-8H2,1-3H3,(H,16,18)/t11-,12?/m1/s1. The minimum atomic E-state index is -0.518. The summed E-state index contributed by atoms with van der Waals surface area (Å²) in [6, 6.07) is -0.136. The second-order valence-electron chi connectivity index (χ2n) is 6.40. The first-order valence-corrected chi connectivity index (χ1v) is 9.28. The number of ether oxygens (including phenoxy) is 1. The molecule has 2 atom stereocenters. The normalized spacial score (nSPS) is 26.6. The number of hydrogen-bond donors (Lipinski definition) is 1. The summed E-state index contributed by atoms with van der Waals surface area (Å²) in [5.41, 5.74) is 0.804. The number of hydrogen-bond acceptors (Lipinski definition) is 5. The van der Waals surface area contributed by atoms with Gasteiger partial charge in [-0.3, -0.25) is 0 Å². The summed E-state index contributed by atoms with van der Waals surface area (Å²) in [6.45, 7) is 5.50. The van der Waals surface area contributed by atoms with E-state index in [2.05, 4.69) is 5.32 Å². The third-order valence-electron chi connectivity index (χ3n) is 3.39. The fourth-order valence-electron chi connectivity index (χ4n) is 2.49. The molecule has 118 valence electrons. The van der Waals surface area contributed by atoms with Crippen LogP contribution in [-0.2, 0) is 9.53 Å². The van der Waals surface area contributed by atoms with E-state index in [4.69, 9.17) is 4.74 Å². The smallest absolute Gasteiger partial charge is 0.407 e. The maximum Gasteiger partial charge on any atom is 0.407 e. The van der Waals surface area contributed by atoms with Crippen molar-refractivity contribution in [1.29, 1.82) is 0 Å². The van der Waals surface area contributed by atoms with Crippen LogP contribution in [0, 0.1) is 5.92 Å². The quantitative estimate of drug-likeness (QED) is 0.785. The lowest BCUT2D eigenvalue weighted by Crippen LogP contribution is -2.41. The topological polar surface area (TPSA) is 55.4 Å². The molecular formula is C15H23NO3S2. The van der Waals surface area contributed by atoms with Crippen LogP contribution < -0.4 is 5.32 Å². The van der Waals surface area contributed by atoms with Crippen LogP contribution in [0.2, 0.25) is 0 Å². The molecule has 0 spiro atoms. The molecule has 1 saturated carbocycles. The van der Waals surface area contributed by atoms with Gasteiger partial charge in [-0.15, -0.1) is 23.5 Å². The lowest BCUT2D eigenvalue weighted by molar-refractivity contribution is -0.111. The molecule has 1 heterocycles. The van der Waals surface area contributed by atoms with E-state index in [-0.39, 0.29) is 12.0 Å². The van der Waals surface area contributed by atoms with Gasteiger partial charge in [0.2, 0.25) is 0 Å². The highest BCUT2D eigenvalue weighted by molar-refractivity contribution is 8.22. The molecule has 1 saturated heterocycles. The summed E-state index contributed by atoms with van der Waals surface area (Å²) in [5, 5.41) is 2.86. The van der Waals surface area contributed by atoms with E-state index in [0.29, 0.717) is 0 Å². The minimum Gasteiger partial charge on any atom is -0.444 e. The first-order valence-electron chi connectivity index (χ1n) is 7.31. The Bertz CT molecular complexity index is 435. The van der Waals surface area contributed by atoms with E-state index in [1.165, 1.54) is 16.2 Å². The molecule has 4 nitrogen and oxygen atoms in total. The third kappa shape index (κ3) is 4.95. The fraction of sp³-hybridized carbons (Fsp3) is 0.733. The number of carbonyl (C=O) groups excluding carboxylic acids is 2. The molecule has 2 fully saturated rings. The second kappa shape index (κ2) is 7.09. The summed E-state index contributed by atoms with van der Waals surface area (Å²) < 4.78 is 6.64. The zero-order valence-electron chi connectivity index (χ0n) is 12.8. The Labute approximate surface area is 134 Å². The lowest BCUT2D eigenvalue weighted by Gasteiger charge is -2.22. The van der Waals surface area contributed by atoms with Crippen LogP contribution in [0.25, 0.3) is 0 Å². The van der Waals surface area contributed by atoms with Gasteiger partial charge in [0, 0.05) is 16.2 Å². The van der Waals surface area contributed by atoms with Crippen molar-refractivity contribution in [3.63, 3.8) is 0 Å². The average molecular weight is 329 g/mol. The number of carbonyl (C=O) groups is 2. The first-order chi connectivity index (χ1) is 9.89. The SMILES string of the molecule is CC(C)(C)OC(=O)NC1CC(=C2SCCCS2)C[C@@H]1C=O. The Morgan fingerprint density at radius 3 is 2.52 bits per heavy atom. The fourth-order valence-corrected chi connectivity index (χ4v) is 5.19. The molecule has 0 aromatic rings. The molecule has 0 aromatic carbocycles. The molecule has 1 aliphatic heterocycles. The minimum absolute atomic E-state index is 0.136. The van der Waals surface area contributed by atoms with Gasteiger partial charge in [-0.1, -0.05) is 0 Å². The van der Waals surface area contributed by atoms with Gasteiger partial charge < -0.3 is 14.8 Å². The monoisotopic (exact) mass is 329 g/mol. The maximum absolute atomic E-state index is 11.9. The molecule has 0 aromatic heterocycles. The Hall–Kier alpha value is -0.620. The summed E-state index contributed by atoms with van der Waals surface area (Å²) >= 11 is 3.77. The van der Waals surface area contributed by atoms with Gasteiger partial charge in [-0.25, -0.2) is 4.79 Å². The Kier molecular flexibility index (Phi) is 5.66. The van der Waals surface area contributed by atoms with Gasteiger partial charge in [0.25, 0.3) is 0 Å². The van der Waals surface area contributed by atoms with Gasteiger partial charge in [0.05, 0.1) is 0 Å². The Morgan fingerprint density at radius 1 is 1.29 bits per heavy atom. The summed E-state index contributed by atoms with van der Waals surface area (Å²) in [6.07, 6.45) is 3.29. The Morgan fingerprint density at radius 2 is 1.95 bits per heavy atom. The van der Waals surface area contributed by atoms with E-state index >= 15 is 0 Å². The number of alkyl carbamates (subject to hydrolysis) is 1. The Balaban J connectivity index is 1.99. The van der Waals surface area contributed by atoms with Crippen LogP contribution in [0.3, 0.4) is 0 Å². The summed E-state index contributed by atoms with van der Waals surface area (Å²) in [7, 11) is 0. The molecule has 1 N–H and O–H groups in total. The second-order valence-corrected chi connectivity index (χ2v) is 8.87. The van der Waals surface area contributed by atoms with E-state index < -0.39 is 11.7 Å². The van der Waals surface area contributed by atoms with Crippen molar-refractivity contribution >= 4 is 35.9 Å². The average Bonchev–Trinajstić information content (AvgIpc) is 2.80. The van der Waals surface area contributed by atoms with Gasteiger partial charge >= 0.3 is 6.09 Å². The van der Waals surface area contributed by atoms with Crippen LogP contribution >= 0.6 is 23.5 Å². The van der Waals surface area contributed by atoms with Gasteiger partial charge in [-0.05, 0) is 57.1 Å². The van der Waals surface area contributed by atoms with Crippen LogP contribution in [0.4, 0.5) is 4.79 Å². The number of aldehydes is 1. The third-order valence-corrected chi connectivity index (χ3v) is 6.18. The van der Waals surface area contributed by atoms with Gasteiger partial charge in [-0.2, -0.15) is 0 Å². The van der Waals surface area contributed by atoms with Crippen molar-refractivity contribution in [1.82, 2.24) is 5.32 Å². The van der Waals surface area contributed by atoms with Crippen molar-refractivity contribution < 1.29 is 14.3 Å². The molecule has 2 aliphatic rings. The first kappa shape index (κ1) is 16.7. The van der Waals surface area contributed by atoms with Gasteiger partial charge in [0.1, 0.15) is 11.9 Å². The summed E-state index contributed by atoms with van der Waals surface area (Å²) in [4.78, 5) is 23.2. The molecule has 1 aliphatic carbocycles. The van der Waals surface area contributed by atoms with Crippen molar-refractivity contribution in [2.75, 3.05) is 11.5 Å². The van der Waals surface area contributed by atoms with Crippen molar-refractivity contribution in [2.45, 2.75) is 51.7 Å². The van der Waals surface area contributed by atoms with E-state index in [9.17, 15) is 9.59 Å². The van der Waals surface area contributed by atoms with Crippen LogP contribution in [0.1, 0.15) is 40.0 Å². The molecule has 21 heavy (non-hydrogen) atoms. The number of nitrogens with one attached hydrogen (secondary N) is 1. The van der Waals surface area contributed by atoms with Gasteiger partial charge in [0.15, 0.2) is 0 Å². The van der Waals surface area contributed by atoms with E-state index in [1.54, 1.807) is 0 Å². The zero-order chi connectivity index (χ0) is 15.5. The van der Waals surface area contributed by atoms with Crippen molar-refractivity contribution in [3.8, 4) is 0 Å². The predicted molar refractivity (Wildman–Crippen MR) is 88.5 cm³/mol. The van der Waals surface area contributed by atoms with E-state index in [0.717, 1.165) is 30.6 Å².